The van der Waals surface area contributed by atoms with E-state index in [0.717, 1.165) is 16.6 Å². The maximum absolute atomic E-state index is 13.6. The third kappa shape index (κ3) is 3.33. The number of nitrogen functional groups attached to an aromatic ring is 1. The molecular weight excluding hydrogens is 423 g/mol. The van der Waals surface area contributed by atoms with E-state index in [4.69, 9.17) is 22.3 Å². The van der Waals surface area contributed by atoms with Gasteiger partial charge in [-0.3, -0.25) is 9.36 Å². The summed E-state index contributed by atoms with van der Waals surface area (Å²) in [6, 6.07) is 13.1. The third-order valence-corrected chi connectivity index (χ3v) is 5.95. The Bertz CT molecular complexity index is 1560. The molecule has 32 heavy (non-hydrogen) atoms. The average molecular weight is 442 g/mol. The first kappa shape index (κ1) is 20.3. The Hall–Kier alpha value is -3.65. The highest BCUT2D eigenvalue weighted by Gasteiger charge is 2.18. The second-order valence-corrected chi connectivity index (χ2v) is 8.09. The number of hydrogen-bond donors (Lipinski definition) is 1. The van der Waals surface area contributed by atoms with Crippen molar-refractivity contribution in [2.24, 2.45) is 0 Å². The van der Waals surface area contributed by atoms with E-state index in [1.165, 1.54) is 6.33 Å². The van der Waals surface area contributed by atoms with Gasteiger partial charge < -0.3 is 5.73 Å². The van der Waals surface area contributed by atoms with Gasteiger partial charge in [0.1, 0.15) is 32.4 Å². The summed E-state index contributed by atoms with van der Waals surface area (Å²) >= 11 is 6.40. The zero-order valence-electron chi connectivity index (χ0n) is 17.6. The number of benzene rings is 2. The molecule has 0 bridgehead atoms. The van der Waals surface area contributed by atoms with Gasteiger partial charge >= 0.3 is 0 Å². The Balaban J connectivity index is 1.73. The van der Waals surface area contributed by atoms with Gasteiger partial charge in [-0.1, -0.05) is 47.4 Å². The van der Waals surface area contributed by atoms with E-state index in [1.807, 2.05) is 58.2 Å². The molecule has 0 fully saturated rings. The van der Waals surface area contributed by atoms with Crippen LogP contribution in [0.3, 0.4) is 0 Å². The predicted molar refractivity (Wildman–Crippen MR) is 132 cm³/mol. The summed E-state index contributed by atoms with van der Waals surface area (Å²) in [7, 11) is 3.77. The molecular formula is C21H18B2ClN7O. The summed E-state index contributed by atoms with van der Waals surface area (Å²) in [5, 5.41) is 6.48. The van der Waals surface area contributed by atoms with Crippen LogP contribution in [0.5, 0.6) is 0 Å². The van der Waals surface area contributed by atoms with Gasteiger partial charge in [0.2, 0.25) is 0 Å². The van der Waals surface area contributed by atoms with Crippen LogP contribution in [0, 0.1) is 0 Å². The molecule has 0 amide bonds. The highest BCUT2D eigenvalue weighted by atomic mass is 35.5. The molecule has 156 valence electrons. The molecule has 3 heterocycles. The first-order valence-corrected chi connectivity index (χ1v) is 10.5. The van der Waals surface area contributed by atoms with Gasteiger partial charge in [-0.05, 0) is 17.7 Å². The lowest BCUT2D eigenvalue weighted by Crippen LogP contribution is -2.30. The van der Waals surface area contributed by atoms with Crippen LogP contribution in [0.25, 0.3) is 21.9 Å². The molecule has 0 spiro atoms. The molecule has 5 aromatic rings. The fraction of sp³-hybridized carbons (Fsp3) is 0.0952. The molecule has 0 unspecified atom stereocenters. The third-order valence-electron chi connectivity index (χ3n) is 5.58. The summed E-state index contributed by atoms with van der Waals surface area (Å²) in [5.74, 6) is 0.920. The van der Waals surface area contributed by atoms with Crippen LogP contribution in [-0.4, -0.2) is 45.0 Å². The van der Waals surface area contributed by atoms with E-state index in [1.54, 1.807) is 9.25 Å². The molecule has 11 heteroatoms. The molecule has 0 atom stereocenters. The molecule has 0 aliphatic heterocycles. The second kappa shape index (κ2) is 7.80. The fourth-order valence-electron chi connectivity index (χ4n) is 4.01. The standard InChI is InChI=1S/C21H18B2ClN7O/c22-12-5-3-7-14-16(12)21(32)30(8-11-4-1-2-6-13(11)24)15(28-14)9-31-20-17(18(23)29-31)19(25)26-10-27-20/h1-7,10H,8-9,22-23H2,(H2,25,26,27). The Morgan fingerprint density at radius 1 is 1.00 bits per heavy atom. The Labute approximate surface area is 189 Å². The number of anilines is 1. The van der Waals surface area contributed by atoms with E-state index < -0.39 is 0 Å². The molecule has 2 aromatic carbocycles. The number of aromatic nitrogens is 6. The van der Waals surface area contributed by atoms with Gasteiger partial charge in [0, 0.05) is 10.6 Å². The van der Waals surface area contributed by atoms with E-state index >= 15 is 0 Å². The smallest absolute Gasteiger partial charge is 0.261 e. The van der Waals surface area contributed by atoms with Crippen molar-refractivity contribution in [2.45, 2.75) is 13.1 Å². The highest BCUT2D eigenvalue weighted by Crippen LogP contribution is 2.18. The molecule has 3 aromatic heterocycles. The number of fused-ring (bicyclic) bond motifs is 2. The first-order chi connectivity index (χ1) is 15.4. The van der Waals surface area contributed by atoms with Crippen molar-refractivity contribution in [3.8, 4) is 0 Å². The molecule has 5 rings (SSSR count). The van der Waals surface area contributed by atoms with Crippen LogP contribution >= 0.6 is 11.6 Å². The van der Waals surface area contributed by atoms with Gasteiger partial charge in [-0.15, -0.1) is 0 Å². The number of rotatable bonds is 4. The van der Waals surface area contributed by atoms with Crippen molar-refractivity contribution in [1.29, 1.82) is 0 Å². The summed E-state index contributed by atoms with van der Waals surface area (Å²) in [4.78, 5) is 26.9. The van der Waals surface area contributed by atoms with Gasteiger partial charge in [-0.25, -0.2) is 19.6 Å². The van der Waals surface area contributed by atoms with Crippen LogP contribution in [0.2, 0.25) is 5.02 Å². The predicted octanol–water partition coefficient (Wildman–Crippen LogP) is -0.615. The monoisotopic (exact) mass is 441 g/mol. The number of nitrogens with zero attached hydrogens (tertiary/aromatic N) is 6. The molecule has 0 saturated heterocycles. The van der Waals surface area contributed by atoms with Crippen molar-refractivity contribution < 1.29 is 0 Å². The van der Waals surface area contributed by atoms with Crippen molar-refractivity contribution in [2.75, 3.05) is 5.73 Å². The molecule has 8 nitrogen and oxygen atoms in total. The van der Waals surface area contributed by atoms with E-state index in [2.05, 4.69) is 15.1 Å². The van der Waals surface area contributed by atoms with Gasteiger partial charge in [0.05, 0.1) is 22.8 Å². The van der Waals surface area contributed by atoms with Gasteiger partial charge in [0.25, 0.3) is 5.56 Å². The summed E-state index contributed by atoms with van der Waals surface area (Å²) in [6.07, 6.45) is 1.41. The minimum Gasteiger partial charge on any atom is -0.383 e. The number of nitrogens with two attached hydrogens (primary N) is 1. The zero-order valence-corrected chi connectivity index (χ0v) is 18.3. The molecule has 0 saturated carbocycles. The highest BCUT2D eigenvalue weighted by molar-refractivity contribution is 6.38. The SMILES string of the molecule is Bc1nn(Cc2nc3cccc(B)c3c(=O)n2Cc2ccccc2Cl)c2ncnc(N)c12. The average Bonchev–Trinajstić information content (AvgIpc) is 3.08. The zero-order chi connectivity index (χ0) is 22.4. The van der Waals surface area contributed by atoms with Crippen molar-refractivity contribution >= 4 is 66.1 Å². The lowest BCUT2D eigenvalue weighted by Gasteiger charge is -2.15. The number of hydrogen-bond acceptors (Lipinski definition) is 6. The molecule has 0 aliphatic carbocycles. The topological polar surface area (TPSA) is 105 Å². The Kier molecular flexibility index (Phi) is 4.94. The fourth-order valence-corrected chi connectivity index (χ4v) is 4.21. The first-order valence-electron chi connectivity index (χ1n) is 10.1. The molecule has 0 radical (unpaired) electrons. The normalized spacial score (nSPS) is 11.4. The quantitative estimate of drug-likeness (QED) is 0.373. The van der Waals surface area contributed by atoms with Crippen LogP contribution in [0.15, 0.2) is 53.6 Å². The Morgan fingerprint density at radius 3 is 2.62 bits per heavy atom. The van der Waals surface area contributed by atoms with E-state index in [0.29, 0.717) is 45.1 Å². The van der Waals surface area contributed by atoms with Crippen molar-refractivity contribution in [1.82, 2.24) is 29.3 Å². The van der Waals surface area contributed by atoms with Crippen LogP contribution in [0.4, 0.5) is 5.82 Å². The van der Waals surface area contributed by atoms with Crippen LogP contribution < -0.4 is 22.3 Å². The minimum atomic E-state index is -0.120. The lowest BCUT2D eigenvalue weighted by atomic mass is 9.92. The maximum Gasteiger partial charge on any atom is 0.261 e. The summed E-state index contributed by atoms with van der Waals surface area (Å²) in [5.41, 5.74) is 9.58. The largest absolute Gasteiger partial charge is 0.383 e. The second-order valence-electron chi connectivity index (χ2n) is 7.68. The van der Waals surface area contributed by atoms with E-state index in [-0.39, 0.29) is 12.1 Å². The van der Waals surface area contributed by atoms with Gasteiger partial charge in [-0.2, -0.15) is 5.10 Å². The van der Waals surface area contributed by atoms with Gasteiger partial charge in [0.15, 0.2) is 13.5 Å². The Morgan fingerprint density at radius 2 is 1.81 bits per heavy atom. The lowest BCUT2D eigenvalue weighted by molar-refractivity contribution is 0.607. The molecule has 0 aliphatic rings. The van der Waals surface area contributed by atoms with E-state index in [9.17, 15) is 4.79 Å². The van der Waals surface area contributed by atoms with Crippen molar-refractivity contribution in [3.05, 3.63) is 75.6 Å². The molecule has 2 N–H and O–H groups in total. The maximum atomic E-state index is 13.6. The van der Waals surface area contributed by atoms with Crippen LogP contribution in [-0.2, 0) is 13.1 Å². The minimum absolute atomic E-state index is 0.120. The summed E-state index contributed by atoms with van der Waals surface area (Å²) in [6.45, 7) is 0.533. The number of halogens is 1. The van der Waals surface area contributed by atoms with Crippen molar-refractivity contribution in [3.63, 3.8) is 0 Å². The summed E-state index contributed by atoms with van der Waals surface area (Å²) < 4.78 is 3.36. The van der Waals surface area contributed by atoms with Crippen LogP contribution in [0.1, 0.15) is 11.4 Å².